The van der Waals surface area contributed by atoms with Crippen molar-refractivity contribution in [2.45, 2.75) is 69.6 Å². The Morgan fingerprint density at radius 1 is 1.05 bits per heavy atom. The van der Waals surface area contributed by atoms with Crippen molar-refractivity contribution in [2.24, 2.45) is 5.92 Å². The maximum Gasteiger partial charge on any atom is 0.321 e. The van der Waals surface area contributed by atoms with Crippen LogP contribution in [0.15, 0.2) is 0 Å². The molecule has 4 nitrogen and oxygen atoms in total. The zero-order valence-electron chi connectivity index (χ0n) is 12.3. The molecule has 0 aromatic carbocycles. The van der Waals surface area contributed by atoms with E-state index in [0.717, 1.165) is 12.8 Å². The summed E-state index contributed by atoms with van der Waals surface area (Å²) in [6.07, 6.45) is 9.58. The summed E-state index contributed by atoms with van der Waals surface area (Å²) in [4.78, 5) is 23.6. The molecule has 2 atom stereocenters. The van der Waals surface area contributed by atoms with Gasteiger partial charge in [-0.1, -0.05) is 32.6 Å². The molecule has 114 valence electrons. The molecule has 20 heavy (non-hydrogen) atoms. The summed E-state index contributed by atoms with van der Waals surface area (Å²) < 4.78 is 0. The highest BCUT2D eigenvalue weighted by molar-refractivity contribution is 8.00. The monoisotopic (exact) mass is 298 g/mol. The largest absolute Gasteiger partial charge is 0.335 e. The molecule has 0 aromatic heterocycles. The first-order valence-corrected chi connectivity index (χ1v) is 8.92. The highest BCUT2D eigenvalue weighted by Crippen LogP contribution is 2.29. The lowest BCUT2D eigenvalue weighted by molar-refractivity contribution is -0.117. The van der Waals surface area contributed by atoms with Gasteiger partial charge in [-0.3, -0.25) is 10.1 Å². The molecule has 0 saturated heterocycles. The molecule has 5 heteroatoms. The van der Waals surface area contributed by atoms with Crippen LogP contribution in [-0.2, 0) is 4.79 Å². The fraction of sp³-hybridized carbons (Fsp3) is 0.867. The molecule has 0 aliphatic heterocycles. The third-order valence-corrected chi connectivity index (χ3v) is 5.80. The molecule has 0 spiro atoms. The van der Waals surface area contributed by atoms with E-state index in [2.05, 4.69) is 17.6 Å². The van der Waals surface area contributed by atoms with E-state index in [-0.39, 0.29) is 18.0 Å². The van der Waals surface area contributed by atoms with Crippen LogP contribution in [0.3, 0.4) is 0 Å². The number of nitrogens with one attached hydrogen (secondary N) is 2. The summed E-state index contributed by atoms with van der Waals surface area (Å²) >= 11 is 1.69. The molecule has 2 rings (SSSR count). The topological polar surface area (TPSA) is 58.2 Å². The predicted molar refractivity (Wildman–Crippen MR) is 82.8 cm³/mol. The van der Waals surface area contributed by atoms with Crippen molar-refractivity contribution in [1.29, 1.82) is 0 Å². The van der Waals surface area contributed by atoms with Gasteiger partial charge in [-0.25, -0.2) is 4.79 Å². The lowest BCUT2D eigenvalue weighted by Gasteiger charge is -2.29. The highest BCUT2D eigenvalue weighted by Gasteiger charge is 2.23. The Balaban J connectivity index is 1.63. The number of imide groups is 1. The fourth-order valence-electron chi connectivity index (χ4n) is 3.15. The van der Waals surface area contributed by atoms with E-state index in [4.69, 9.17) is 0 Å². The Kier molecular flexibility index (Phi) is 6.20. The van der Waals surface area contributed by atoms with Crippen molar-refractivity contribution >= 4 is 23.7 Å². The minimum atomic E-state index is -0.319. The fourth-order valence-corrected chi connectivity index (χ4v) is 4.27. The second-order valence-corrected chi connectivity index (χ2v) is 7.40. The molecule has 2 saturated carbocycles. The van der Waals surface area contributed by atoms with E-state index in [1.54, 1.807) is 11.8 Å². The normalized spacial score (nSPS) is 27.2. The SMILES string of the molecule is C[C@@H]1CCCC[C@H]1NC(=O)NC(=O)CSC1CCCC1. The number of hydrogen-bond donors (Lipinski definition) is 2. The average molecular weight is 298 g/mol. The lowest BCUT2D eigenvalue weighted by atomic mass is 9.86. The molecular formula is C15H26N2O2S. The summed E-state index contributed by atoms with van der Waals surface area (Å²) in [6, 6.07) is -0.0974. The number of thioether (sulfide) groups is 1. The first-order chi connectivity index (χ1) is 9.65. The molecular weight excluding hydrogens is 272 g/mol. The molecule has 0 unspecified atom stereocenters. The van der Waals surface area contributed by atoms with Crippen LogP contribution in [0.5, 0.6) is 0 Å². The van der Waals surface area contributed by atoms with E-state index in [1.165, 1.54) is 38.5 Å². The van der Waals surface area contributed by atoms with E-state index >= 15 is 0 Å². The van der Waals surface area contributed by atoms with Crippen LogP contribution in [-0.4, -0.2) is 29.0 Å². The highest BCUT2D eigenvalue weighted by atomic mass is 32.2. The predicted octanol–water partition coefficient (Wildman–Crippen LogP) is 3.07. The molecule has 0 aromatic rings. The maximum atomic E-state index is 11.8. The zero-order chi connectivity index (χ0) is 14.4. The van der Waals surface area contributed by atoms with Gasteiger partial charge in [0.1, 0.15) is 0 Å². The van der Waals surface area contributed by atoms with Gasteiger partial charge in [0.15, 0.2) is 0 Å². The molecule has 3 amide bonds. The third-order valence-electron chi connectivity index (χ3n) is 4.43. The minimum Gasteiger partial charge on any atom is -0.335 e. The second kappa shape index (κ2) is 7.91. The van der Waals surface area contributed by atoms with Crippen molar-refractivity contribution < 1.29 is 9.59 Å². The van der Waals surface area contributed by atoms with Gasteiger partial charge in [0, 0.05) is 11.3 Å². The van der Waals surface area contributed by atoms with Crippen LogP contribution in [0, 0.1) is 5.92 Å². The molecule has 2 fully saturated rings. The zero-order valence-corrected chi connectivity index (χ0v) is 13.1. The van der Waals surface area contributed by atoms with E-state index in [0.29, 0.717) is 16.9 Å². The number of carbonyl (C=O) groups excluding carboxylic acids is 2. The minimum absolute atomic E-state index is 0.164. The Bertz CT molecular complexity index is 343. The van der Waals surface area contributed by atoms with Gasteiger partial charge in [-0.15, -0.1) is 11.8 Å². The van der Waals surface area contributed by atoms with E-state index < -0.39 is 0 Å². The van der Waals surface area contributed by atoms with Gasteiger partial charge in [-0.05, 0) is 31.6 Å². The molecule has 0 bridgehead atoms. The number of carbonyl (C=O) groups is 2. The van der Waals surface area contributed by atoms with Crippen LogP contribution in [0.4, 0.5) is 4.79 Å². The third kappa shape index (κ3) is 5.00. The van der Waals surface area contributed by atoms with E-state index in [1.807, 2.05) is 0 Å². The Labute approximate surface area is 125 Å². The van der Waals surface area contributed by atoms with Crippen molar-refractivity contribution in [3.8, 4) is 0 Å². The quantitative estimate of drug-likeness (QED) is 0.838. The van der Waals surface area contributed by atoms with Crippen molar-refractivity contribution in [3.05, 3.63) is 0 Å². The Morgan fingerprint density at radius 3 is 2.40 bits per heavy atom. The smallest absolute Gasteiger partial charge is 0.321 e. The van der Waals surface area contributed by atoms with Gasteiger partial charge >= 0.3 is 6.03 Å². The van der Waals surface area contributed by atoms with E-state index in [9.17, 15) is 9.59 Å². The Hall–Kier alpha value is -0.710. The van der Waals surface area contributed by atoms with Crippen LogP contribution < -0.4 is 10.6 Å². The van der Waals surface area contributed by atoms with Gasteiger partial charge in [0.25, 0.3) is 0 Å². The van der Waals surface area contributed by atoms with Crippen LogP contribution in [0.25, 0.3) is 0 Å². The number of amides is 3. The maximum absolute atomic E-state index is 11.8. The Morgan fingerprint density at radius 2 is 1.70 bits per heavy atom. The molecule has 0 radical (unpaired) electrons. The van der Waals surface area contributed by atoms with Crippen LogP contribution in [0.2, 0.25) is 0 Å². The summed E-state index contributed by atoms with van der Waals surface area (Å²) in [7, 11) is 0. The number of rotatable bonds is 4. The van der Waals surface area contributed by atoms with Crippen molar-refractivity contribution in [1.82, 2.24) is 10.6 Å². The molecule has 0 heterocycles. The first-order valence-electron chi connectivity index (χ1n) is 7.87. The molecule has 2 aliphatic rings. The molecule has 2 N–H and O–H groups in total. The second-order valence-electron chi connectivity index (χ2n) is 6.11. The van der Waals surface area contributed by atoms with Crippen LogP contribution in [0.1, 0.15) is 58.3 Å². The first kappa shape index (κ1) is 15.7. The standard InChI is InChI=1S/C15H26N2O2S/c1-11-6-2-5-9-13(11)16-15(19)17-14(18)10-20-12-7-3-4-8-12/h11-13H,2-10H2,1H3,(H2,16,17,18,19)/t11-,13-/m1/s1. The number of hydrogen-bond acceptors (Lipinski definition) is 3. The average Bonchev–Trinajstić information content (AvgIpc) is 2.92. The summed E-state index contributed by atoms with van der Waals surface area (Å²) in [5.41, 5.74) is 0. The van der Waals surface area contributed by atoms with Gasteiger partial charge in [-0.2, -0.15) is 0 Å². The molecule has 2 aliphatic carbocycles. The lowest BCUT2D eigenvalue weighted by Crippen LogP contribution is -2.48. The van der Waals surface area contributed by atoms with Gasteiger partial charge < -0.3 is 5.32 Å². The van der Waals surface area contributed by atoms with Crippen molar-refractivity contribution in [2.75, 3.05) is 5.75 Å². The van der Waals surface area contributed by atoms with Gasteiger partial charge in [0.05, 0.1) is 5.75 Å². The van der Waals surface area contributed by atoms with Crippen LogP contribution >= 0.6 is 11.8 Å². The summed E-state index contributed by atoms with van der Waals surface area (Å²) in [5.74, 6) is 0.749. The number of urea groups is 1. The van der Waals surface area contributed by atoms with Gasteiger partial charge in [0.2, 0.25) is 5.91 Å². The summed E-state index contributed by atoms with van der Waals surface area (Å²) in [5, 5.41) is 6.02. The summed E-state index contributed by atoms with van der Waals surface area (Å²) in [6.45, 7) is 2.17. The van der Waals surface area contributed by atoms with Crippen molar-refractivity contribution in [3.63, 3.8) is 0 Å².